The van der Waals surface area contributed by atoms with Crippen molar-refractivity contribution in [2.75, 3.05) is 32.7 Å². The van der Waals surface area contributed by atoms with E-state index in [0.717, 1.165) is 50.4 Å². The third-order valence-corrected chi connectivity index (χ3v) is 5.72. The van der Waals surface area contributed by atoms with Crippen molar-refractivity contribution in [2.45, 2.75) is 25.8 Å². The van der Waals surface area contributed by atoms with Crippen LogP contribution in [-0.2, 0) is 16.1 Å². The first-order valence-corrected chi connectivity index (χ1v) is 10.7. The lowest BCUT2D eigenvalue weighted by molar-refractivity contribution is -0.137. The molecule has 0 aromatic heterocycles. The minimum Gasteiger partial charge on any atom is -0.340 e. The first-order chi connectivity index (χ1) is 14.7. The molecule has 2 aliphatic rings. The van der Waals surface area contributed by atoms with Crippen LogP contribution < -0.4 is 0 Å². The zero-order chi connectivity index (χ0) is 20.8. The molecule has 0 unspecified atom stereocenters. The lowest BCUT2D eigenvalue weighted by Crippen LogP contribution is -2.48. The van der Waals surface area contributed by atoms with E-state index >= 15 is 0 Å². The summed E-state index contributed by atoms with van der Waals surface area (Å²) in [4.78, 5) is 29.3. The average Bonchev–Trinajstić information content (AvgIpc) is 3.30. The van der Waals surface area contributed by atoms with Crippen molar-refractivity contribution < 1.29 is 9.59 Å². The summed E-state index contributed by atoms with van der Waals surface area (Å²) in [5.41, 5.74) is 3.28. The van der Waals surface area contributed by atoms with Crippen LogP contribution in [0.4, 0.5) is 0 Å². The number of piperazine rings is 1. The van der Waals surface area contributed by atoms with Crippen molar-refractivity contribution in [3.63, 3.8) is 0 Å². The van der Waals surface area contributed by atoms with Gasteiger partial charge in [0.2, 0.25) is 11.8 Å². The van der Waals surface area contributed by atoms with Gasteiger partial charge < -0.3 is 4.90 Å². The number of hydrazone groups is 1. The van der Waals surface area contributed by atoms with E-state index < -0.39 is 0 Å². The molecule has 2 amide bonds. The first kappa shape index (κ1) is 20.3. The Morgan fingerprint density at radius 1 is 0.767 bits per heavy atom. The van der Waals surface area contributed by atoms with Crippen LogP contribution in [0.3, 0.4) is 0 Å². The van der Waals surface area contributed by atoms with Gasteiger partial charge in [-0.3, -0.25) is 14.5 Å². The van der Waals surface area contributed by atoms with Crippen molar-refractivity contribution >= 4 is 17.5 Å². The van der Waals surface area contributed by atoms with Gasteiger partial charge in [-0.15, -0.1) is 0 Å². The summed E-state index contributed by atoms with van der Waals surface area (Å²) < 4.78 is 0. The lowest BCUT2D eigenvalue weighted by Gasteiger charge is -2.34. The van der Waals surface area contributed by atoms with Crippen LogP contribution in [-0.4, -0.2) is 65.1 Å². The van der Waals surface area contributed by atoms with Gasteiger partial charge in [-0.25, -0.2) is 5.01 Å². The molecule has 0 radical (unpaired) electrons. The number of amides is 2. The molecule has 0 spiro atoms. The molecule has 0 N–H and O–H groups in total. The molecule has 156 valence electrons. The predicted molar refractivity (Wildman–Crippen MR) is 117 cm³/mol. The molecule has 0 bridgehead atoms. The molecule has 2 aliphatic heterocycles. The van der Waals surface area contributed by atoms with E-state index in [1.807, 2.05) is 41.3 Å². The van der Waals surface area contributed by atoms with Crippen LogP contribution in [0.1, 0.15) is 30.4 Å². The second-order valence-corrected chi connectivity index (χ2v) is 7.82. The van der Waals surface area contributed by atoms with E-state index in [0.29, 0.717) is 6.54 Å². The van der Waals surface area contributed by atoms with E-state index in [4.69, 9.17) is 0 Å². The summed E-state index contributed by atoms with van der Waals surface area (Å²) in [6.45, 7) is 4.68. The van der Waals surface area contributed by atoms with Gasteiger partial charge in [0.05, 0.1) is 12.3 Å². The Morgan fingerprint density at radius 2 is 1.40 bits per heavy atom. The number of benzene rings is 2. The molecule has 6 heteroatoms. The van der Waals surface area contributed by atoms with Crippen molar-refractivity contribution in [1.29, 1.82) is 0 Å². The van der Waals surface area contributed by atoms with Crippen LogP contribution in [0.5, 0.6) is 0 Å². The lowest BCUT2D eigenvalue weighted by atomic mass is 10.1. The molecule has 0 saturated carbocycles. The summed E-state index contributed by atoms with van der Waals surface area (Å²) in [5, 5.41) is 5.99. The molecule has 0 atom stereocenters. The molecule has 2 aromatic carbocycles. The average molecular weight is 405 g/mol. The van der Waals surface area contributed by atoms with Gasteiger partial charge in [0.15, 0.2) is 0 Å². The zero-order valence-electron chi connectivity index (χ0n) is 17.2. The van der Waals surface area contributed by atoms with E-state index in [2.05, 4.69) is 34.3 Å². The number of rotatable bonds is 6. The molecule has 1 saturated heterocycles. The highest BCUT2D eigenvalue weighted by Crippen LogP contribution is 2.16. The van der Waals surface area contributed by atoms with Gasteiger partial charge in [0, 0.05) is 52.0 Å². The highest BCUT2D eigenvalue weighted by atomic mass is 16.2. The quantitative estimate of drug-likeness (QED) is 0.744. The van der Waals surface area contributed by atoms with Gasteiger partial charge in [-0.2, -0.15) is 5.10 Å². The van der Waals surface area contributed by atoms with Crippen molar-refractivity contribution in [1.82, 2.24) is 14.8 Å². The van der Waals surface area contributed by atoms with Crippen LogP contribution in [0, 0.1) is 0 Å². The third kappa shape index (κ3) is 5.13. The van der Waals surface area contributed by atoms with Crippen molar-refractivity contribution in [3.05, 3.63) is 71.8 Å². The van der Waals surface area contributed by atoms with Crippen molar-refractivity contribution in [3.8, 4) is 0 Å². The largest absolute Gasteiger partial charge is 0.340 e. The van der Waals surface area contributed by atoms with Gasteiger partial charge in [0.25, 0.3) is 0 Å². The second-order valence-electron chi connectivity index (χ2n) is 7.82. The van der Waals surface area contributed by atoms with E-state index in [1.54, 1.807) is 0 Å². The van der Waals surface area contributed by atoms with E-state index in [1.165, 1.54) is 10.6 Å². The predicted octanol–water partition coefficient (Wildman–Crippen LogP) is 2.75. The standard InChI is InChI=1S/C24H28N4O2/c29-23(27-17-15-26(16-18-27)19-20-7-3-1-4-8-20)11-12-24(30)28-14-13-22(25-28)21-9-5-2-6-10-21/h1-10H,11-19H2. The maximum absolute atomic E-state index is 12.6. The van der Waals surface area contributed by atoms with Crippen LogP contribution in [0.25, 0.3) is 0 Å². The Labute approximate surface area is 177 Å². The molecule has 2 aromatic rings. The fourth-order valence-electron chi connectivity index (χ4n) is 3.97. The monoisotopic (exact) mass is 404 g/mol. The van der Waals surface area contributed by atoms with Gasteiger partial charge in [-0.1, -0.05) is 60.7 Å². The van der Waals surface area contributed by atoms with Gasteiger partial charge in [-0.05, 0) is 11.1 Å². The smallest absolute Gasteiger partial charge is 0.243 e. The highest BCUT2D eigenvalue weighted by Gasteiger charge is 2.25. The third-order valence-electron chi connectivity index (χ3n) is 5.72. The SMILES string of the molecule is O=C(CCC(=O)N1CCC(c2ccccc2)=N1)N1CCN(Cc2ccccc2)CC1. The Hall–Kier alpha value is -2.99. The number of carbonyl (C=O) groups excluding carboxylic acids is 2. The Bertz CT molecular complexity index is 890. The van der Waals surface area contributed by atoms with Gasteiger partial charge in [0.1, 0.15) is 0 Å². The van der Waals surface area contributed by atoms with Crippen LogP contribution >= 0.6 is 0 Å². The molecular formula is C24H28N4O2. The van der Waals surface area contributed by atoms with E-state index in [-0.39, 0.29) is 24.7 Å². The molecule has 6 nitrogen and oxygen atoms in total. The maximum Gasteiger partial charge on any atom is 0.243 e. The normalized spacial score (nSPS) is 17.1. The summed E-state index contributed by atoms with van der Waals surface area (Å²) in [7, 11) is 0. The van der Waals surface area contributed by atoms with Gasteiger partial charge >= 0.3 is 0 Å². The first-order valence-electron chi connectivity index (χ1n) is 10.7. The molecule has 1 fully saturated rings. The topological polar surface area (TPSA) is 56.2 Å². The Morgan fingerprint density at radius 3 is 2.10 bits per heavy atom. The number of carbonyl (C=O) groups is 2. The summed E-state index contributed by atoms with van der Waals surface area (Å²) in [6, 6.07) is 20.3. The molecular weight excluding hydrogens is 376 g/mol. The number of nitrogens with zero attached hydrogens (tertiary/aromatic N) is 4. The van der Waals surface area contributed by atoms with E-state index in [9.17, 15) is 9.59 Å². The maximum atomic E-state index is 12.6. The minimum absolute atomic E-state index is 0.0640. The fourth-order valence-corrected chi connectivity index (χ4v) is 3.97. The molecule has 0 aliphatic carbocycles. The van der Waals surface area contributed by atoms with Crippen LogP contribution in [0.15, 0.2) is 65.8 Å². The van der Waals surface area contributed by atoms with Crippen LogP contribution in [0.2, 0.25) is 0 Å². The summed E-state index contributed by atoms with van der Waals surface area (Å²) >= 11 is 0. The Balaban J connectivity index is 1.21. The molecule has 2 heterocycles. The minimum atomic E-state index is -0.0722. The van der Waals surface area contributed by atoms with Crippen molar-refractivity contribution in [2.24, 2.45) is 5.10 Å². The highest BCUT2D eigenvalue weighted by molar-refractivity contribution is 6.02. The number of hydrogen-bond acceptors (Lipinski definition) is 4. The molecule has 4 rings (SSSR count). The molecule has 30 heavy (non-hydrogen) atoms. The fraction of sp³-hybridized carbons (Fsp3) is 0.375. The zero-order valence-corrected chi connectivity index (χ0v) is 17.2. The second kappa shape index (κ2) is 9.67. The number of hydrogen-bond donors (Lipinski definition) is 0. The Kier molecular flexibility index (Phi) is 6.54. The summed E-state index contributed by atoms with van der Waals surface area (Å²) in [6.07, 6.45) is 1.23. The summed E-state index contributed by atoms with van der Waals surface area (Å²) in [5.74, 6) is -0.00818.